The van der Waals surface area contributed by atoms with E-state index in [2.05, 4.69) is 15.0 Å². The minimum atomic E-state index is -0.751. The van der Waals surface area contributed by atoms with Crippen molar-refractivity contribution in [2.24, 2.45) is 4.99 Å². The molecule has 0 radical (unpaired) electrons. The summed E-state index contributed by atoms with van der Waals surface area (Å²) in [6.45, 7) is 0.542. The van der Waals surface area contributed by atoms with E-state index in [-0.39, 0.29) is 17.7 Å². The smallest absolute Gasteiger partial charge is 0.305 e. The Labute approximate surface area is 172 Å². The van der Waals surface area contributed by atoms with Crippen LogP contribution in [0.15, 0.2) is 47.5 Å². The Morgan fingerprint density at radius 1 is 1.00 bits per heavy atom. The number of benzene rings is 1. The number of allylic oxidation sites excluding steroid dienone is 1. The number of unbranched alkanes of at least 4 members (excludes halogenated alkanes) is 3. The molecule has 1 aliphatic heterocycles. The summed E-state index contributed by atoms with van der Waals surface area (Å²) in [5.41, 5.74) is -0.112. The quantitative estimate of drug-likeness (QED) is 0.406. The van der Waals surface area contributed by atoms with E-state index in [1.54, 1.807) is 18.3 Å². The second-order valence-electron chi connectivity index (χ2n) is 7.20. The molecule has 6 nitrogen and oxygen atoms in total. The largest absolute Gasteiger partial charge is 0.469 e. The van der Waals surface area contributed by atoms with Crippen LogP contribution in [0.2, 0.25) is 0 Å². The van der Waals surface area contributed by atoms with Gasteiger partial charge in [-0.15, -0.1) is 0 Å². The number of carbonyl (C=O) groups is 3. The summed E-state index contributed by atoms with van der Waals surface area (Å²) in [6, 6.07) is 9.09. The highest BCUT2D eigenvalue weighted by molar-refractivity contribution is 5.96. The van der Waals surface area contributed by atoms with Crippen LogP contribution >= 0.6 is 0 Å². The predicted octanol–water partition coefficient (Wildman–Crippen LogP) is 3.66. The third-order valence-electron chi connectivity index (χ3n) is 5.06. The number of nitrogens with one attached hydrogen (secondary N) is 1. The molecule has 0 aliphatic carbocycles. The highest BCUT2D eigenvalue weighted by Gasteiger charge is 2.34. The molecule has 1 amide bonds. The molecule has 0 aromatic heterocycles. The van der Waals surface area contributed by atoms with Crippen LogP contribution in [0.1, 0.15) is 61.7 Å². The van der Waals surface area contributed by atoms with Gasteiger partial charge in [-0.1, -0.05) is 31.0 Å². The summed E-state index contributed by atoms with van der Waals surface area (Å²) in [5.74, 6) is -0.178. The van der Waals surface area contributed by atoms with Crippen LogP contribution in [-0.2, 0) is 14.3 Å². The summed E-state index contributed by atoms with van der Waals surface area (Å²) >= 11 is 0. The van der Waals surface area contributed by atoms with Crippen molar-refractivity contribution in [1.82, 2.24) is 5.32 Å². The zero-order valence-electron chi connectivity index (χ0n) is 17.1. The first kappa shape index (κ1) is 22.5. The maximum absolute atomic E-state index is 12.8. The van der Waals surface area contributed by atoms with E-state index in [1.165, 1.54) is 7.11 Å². The highest BCUT2D eigenvalue weighted by Crippen LogP contribution is 2.28. The number of esters is 1. The molecule has 1 aliphatic rings. The first-order valence-corrected chi connectivity index (χ1v) is 10.2. The van der Waals surface area contributed by atoms with Crippen LogP contribution in [0.3, 0.4) is 0 Å². The van der Waals surface area contributed by atoms with E-state index >= 15 is 0 Å². The maximum Gasteiger partial charge on any atom is 0.305 e. The normalized spacial score (nSPS) is 17.3. The number of aliphatic imine (C=N–C) groups is 1. The molecule has 1 N–H and O–H groups in total. The summed E-state index contributed by atoms with van der Waals surface area (Å²) in [5, 5.41) is 2.88. The van der Waals surface area contributed by atoms with E-state index in [1.807, 2.05) is 30.4 Å². The van der Waals surface area contributed by atoms with Crippen molar-refractivity contribution in [3.05, 3.63) is 48.0 Å². The average Bonchev–Trinajstić information content (AvgIpc) is 3.23. The molecule has 6 heteroatoms. The summed E-state index contributed by atoms with van der Waals surface area (Å²) in [7, 11) is 1.39. The molecule has 0 saturated heterocycles. The summed E-state index contributed by atoms with van der Waals surface area (Å²) < 4.78 is 4.64. The maximum atomic E-state index is 12.8. The predicted molar refractivity (Wildman–Crippen MR) is 113 cm³/mol. The van der Waals surface area contributed by atoms with E-state index in [0.717, 1.165) is 25.7 Å². The minimum Gasteiger partial charge on any atom is -0.469 e. The molecule has 1 heterocycles. The van der Waals surface area contributed by atoms with E-state index < -0.39 is 5.54 Å². The van der Waals surface area contributed by atoms with Gasteiger partial charge in [-0.3, -0.25) is 19.4 Å². The third kappa shape index (κ3) is 7.29. The lowest BCUT2D eigenvalue weighted by atomic mass is 9.86. The number of rotatable bonds is 13. The van der Waals surface area contributed by atoms with E-state index in [4.69, 9.17) is 0 Å². The SMILES string of the molecule is COC(=O)CCCCCC1(C(=O)CCCCNC(=O)c2ccccc2)C=CC=N1. The molecule has 29 heavy (non-hydrogen) atoms. The molecule has 2 rings (SSSR count). The first-order valence-electron chi connectivity index (χ1n) is 10.2. The first-order chi connectivity index (χ1) is 14.1. The number of hydrogen-bond donors (Lipinski definition) is 1. The average molecular weight is 399 g/mol. The lowest BCUT2D eigenvalue weighted by molar-refractivity contribution is -0.140. The molecule has 0 saturated carbocycles. The number of ether oxygens (including phenoxy) is 1. The number of hydrogen-bond acceptors (Lipinski definition) is 5. The van der Waals surface area contributed by atoms with Gasteiger partial charge in [-0.2, -0.15) is 0 Å². The van der Waals surface area contributed by atoms with E-state index in [9.17, 15) is 14.4 Å². The monoisotopic (exact) mass is 398 g/mol. The van der Waals surface area contributed by atoms with E-state index in [0.29, 0.717) is 37.8 Å². The van der Waals surface area contributed by atoms with Crippen LogP contribution in [0, 0.1) is 0 Å². The third-order valence-corrected chi connectivity index (χ3v) is 5.06. The fraction of sp³-hybridized carbons (Fsp3) is 0.478. The molecule has 1 aromatic carbocycles. The molecule has 156 valence electrons. The Morgan fingerprint density at radius 2 is 1.76 bits per heavy atom. The van der Waals surface area contributed by atoms with Crippen molar-refractivity contribution < 1.29 is 19.1 Å². The molecule has 1 atom stereocenters. The molecule has 0 bridgehead atoms. The van der Waals surface area contributed by atoms with Gasteiger partial charge in [0.05, 0.1) is 7.11 Å². The van der Waals surface area contributed by atoms with Crippen molar-refractivity contribution in [2.75, 3.05) is 13.7 Å². The fourth-order valence-corrected chi connectivity index (χ4v) is 3.34. The van der Waals surface area contributed by atoms with Gasteiger partial charge in [0.2, 0.25) is 0 Å². The molecular weight excluding hydrogens is 368 g/mol. The van der Waals surface area contributed by atoms with Crippen molar-refractivity contribution in [2.45, 2.75) is 56.9 Å². The second kappa shape index (κ2) is 11.9. The van der Waals surface area contributed by atoms with Crippen molar-refractivity contribution >= 4 is 23.9 Å². The zero-order chi connectivity index (χ0) is 21.0. The molecular formula is C23H30N2O4. The Bertz CT molecular complexity index is 729. The van der Waals surface area contributed by atoms with Gasteiger partial charge in [0.25, 0.3) is 5.91 Å². The minimum absolute atomic E-state index is 0.0938. The van der Waals surface area contributed by atoms with Crippen LogP contribution in [0.5, 0.6) is 0 Å². The van der Waals surface area contributed by atoms with Gasteiger partial charge < -0.3 is 10.1 Å². The Hall–Kier alpha value is -2.76. The summed E-state index contributed by atoms with van der Waals surface area (Å²) in [6.07, 6.45) is 10.8. The number of amides is 1. The van der Waals surface area contributed by atoms with Gasteiger partial charge in [-0.25, -0.2) is 0 Å². The molecule has 0 fully saturated rings. The molecule has 1 aromatic rings. The number of Topliss-reactive ketones (excluding diaryl/α,β-unsaturated/α-hetero) is 1. The topological polar surface area (TPSA) is 84.8 Å². The van der Waals surface area contributed by atoms with Gasteiger partial charge in [0, 0.05) is 31.2 Å². The van der Waals surface area contributed by atoms with Crippen LogP contribution < -0.4 is 5.32 Å². The van der Waals surface area contributed by atoms with Gasteiger partial charge in [0.15, 0.2) is 5.78 Å². The van der Waals surface area contributed by atoms with Gasteiger partial charge >= 0.3 is 5.97 Å². The van der Waals surface area contributed by atoms with Crippen LogP contribution in [0.25, 0.3) is 0 Å². The molecule has 0 spiro atoms. The number of methoxy groups -OCH3 is 1. The second-order valence-corrected chi connectivity index (χ2v) is 7.20. The number of carbonyl (C=O) groups excluding carboxylic acids is 3. The van der Waals surface area contributed by atoms with Crippen molar-refractivity contribution in [3.8, 4) is 0 Å². The summed E-state index contributed by atoms with van der Waals surface area (Å²) in [4.78, 5) is 40.4. The van der Waals surface area contributed by atoms with Gasteiger partial charge in [0.1, 0.15) is 5.54 Å². The van der Waals surface area contributed by atoms with Crippen molar-refractivity contribution in [3.63, 3.8) is 0 Å². The Morgan fingerprint density at radius 3 is 2.45 bits per heavy atom. The number of nitrogens with zero attached hydrogens (tertiary/aromatic N) is 1. The standard InChI is InChI=1S/C23H30N2O4/c1-29-21(27)14-6-3-8-15-23(16-10-18-25-23)20(26)13-7-9-17-24-22(28)19-11-4-2-5-12-19/h2,4-5,10-12,16,18H,3,6-9,13-15,17H2,1H3,(H,24,28). The Balaban J connectivity index is 1.67. The fourth-order valence-electron chi connectivity index (χ4n) is 3.34. The van der Waals surface area contributed by atoms with Crippen LogP contribution in [-0.4, -0.2) is 43.1 Å². The lowest BCUT2D eigenvalue weighted by Gasteiger charge is -2.23. The lowest BCUT2D eigenvalue weighted by Crippen LogP contribution is -2.33. The zero-order valence-corrected chi connectivity index (χ0v) is 17.1. The van der Waals surface area contributed by atoms with Crippen molar-refractivity contribution in [1.29, 1.82) is 0 Å². The van der Waals surface area contributed by atoms with Gasteiger partial charge in [-0.05, 0) is 50.0 Å². The molecule has 1 unspecified atom stereocenters. The van der Waals surface area contributed by atoms with Crippen LogP contribution in [0.4, 0.5) is 0 Å². The Kier molecular flexibility index (Phi) is 9.28. The highest BCUT2D eigenvalue weighted by atomic mass is 16.5. The number of ketones is 1.